The number of methoxy groups -OCH3 is 2. The van der Waals surface area contributed by atoms with E-state index in [0.29, 0.717) is 0 Å². The number of imide groups is 1. The van der Waals surface area contributed by atoms with Gasteiger partial charge in [-0.05, 0) is 20.8 Å². The zero-order valence-electron chi connectivity index (χ0n) is 11.8. The first-order chi connectivity index (χ1) is 8.73. The Balaban J connectivity index is 2.76. The third kappa shape index (κ3) is 4.10. The zero-order valence-corrected chi connectivity index (χ0v) is 11.8. The predicted octanol–water partition coefficient (Wildman–Crippen LogP) is 0.605. The Morgan fingerprint density at radius 3 is 1.84 bits per heavy atom. The van der Waals surface area contributed by atoms with Gasteiger partial charge in [0.05, 0.1) is 5.60 Å². The van der Waals surface area contributed by atoms with Gasteiger partial charge in [0.15, 0.2) is 0 Å². The number of amides is 2. The number of nitrogens with zero attached hydrogens (tertiary/aromatic N) is 1. The smallest absolute Gasteiger partial charge is 0.328 e. The highest BCUT2D eigenvalue weighted by atomic mass is 17.3. The molecule has 19 heavy (non-hydrogen) atoms. The summed E-state index contributed by atoms with van der Waals surface area (Å²) in [6, 6.07) is 0. The molecule has 0 aromatic rings. The molecule has 0 unspecified atom stereocenters. The highest BCUT2D eigenvalue weighted by molar-refractivity contribution is 6.12. The Labute approximate surface area is 112 Å². The fraction of sp³-hybridized carbons (Fsp3) is 0.667. The van der Waals surface area contributed by atoms with E-state index < -0.39 is 23.4 Å². The normalized spacial score (nSPS) is 16.6. The van der Waals surface area contributed by atoms with Gasteiger partial charge in [0.2, 0.25) is 0 Å². The van der Waals surface area contributed by atoms with Crippen LogP contribution in [0.3, 0.4) is 0 Å². The van der Waals surface area contributed by atoms with E-state index in [-0.39, 0.29) is 6.54 Å². The number of hydrogen-bond donors (Lipinski definition) is 0. The van der Waals surface area contributed by atoms with E-state index in [4.69, 9.17) is 19.2 Å². The van der Waals surface area contributed by atoms with Gasteiger partial charge in [0.25, 0.3) is 11.8 Å². The molecular weight excluding hydrogens is 254 g/mol. The van der Waals surface area contributed by atoms with Crippen molar-refractivity contribution < 1.29 is 28.8 Å². The van der Waals surface area contributed by atoms with Gasteiger partial charge in [-0.3, -0.25) is 14.5 Å². The minimum atomic E-state index is -1.66. The van der Waals surface area contributed by atoms with Crippen molar-refractivity contribution in [2.24, 2.45) is 0 Å². The van der Waals surface area contributed by atoms with Gasteiger partial charge in [0.1, 0.15) is 6.54 Å². The monoisotopic (exact) mass is 273 g/mol. The third-order valence-electron chi connectivity index (χ3n) is 2.29. The summed E-state index contributed by atoms with van der Waals surface area (Å²) in [4.78, 5) is 34.2. The maximum atomic E-state index is 11.5. The van der Waals surface area contributed by atoms with Crippen molar-refractivity contribution in [3.8, 4) is 0 Å². The van der Waals surface area contributed by atoms with Crippen LogP contribution in [-0.2, 0) is 28.8 Å². The fourth-order valence-electron chi connectivity index (χ4n) is 1.28. The van der Waals surface area contributed by atoms with Crippen molar-refractivity contribution in [2.75, 3.05) is 20.8 Å². The summed E-state index contributed by atoms with van der Waals surface area (Å²) in [5.74, 6) is -2.57. The number of rotatable bonds is 6. The molecule has 2 amide bonds. The minimum absolute atomic E-state index is 0.235. The molecule has 0 spiro atoms. The van der Waals surface area contributed by atoms with Crippen molar-refractivity contribution in [3.63, 3.8) is 0 Å². The molecule has 0 aromatic carbocycles. The Morgan fingerprint density at radius 2 is 1.47 bits per heavy atom. The van der Waals surface area contributed by atoms with E-state index in [1.54, 1.807) is 20.8 Å². The van der Waals surface area contributed by atoms with Crippen molar-refractivity contribution >= 4 is 11.8 Å². The number of hydrogen-bond acceptors (Lipinski definition) is 6. The Kier molecular flexibility index (Phi) is 4.81. The molecule has 1 heterocycles. The molecule has 0 N–H and O–H groups in total. The third-order valence-corrected chi connectivity index (χ3v) is 2.29. The summed E-state index contributed by atoms with van der Waals surface area (Å²) < 4.78 is 10.2. The van der Waals surface area contributed by atoms with Gasteiger partial charge in [0, 0.05) is 26.4 Å². The van der Waals surface area contributed by atoms with E-state index in [1.807, 2.05) is 0 Å². The first kappa shape index (κ1) is 15.8. The molecular formula is C12H19NO6. The summed E-state index contributed by atoms with van der Waals surface area (Å²) >= 11 is 0. The first-order valence-corrected chi connectivity index (χ1v) is 5.74. The lowest BCUT2D eigenvalue weighted by Gasteiger charge is -2.33. The molecule has 108 valence electrons. The topological polar surface area (TPSA) is 74.3 Å². The highest BCUT2D eigenvalue weighted by Crippen LogP contribution is 2.21. The molecule has 0 bridgehead atoms. The number of carbonyl (C=O) groups is 2. The molecule has 0 atom stereocenters. The van der Waals surface area contributed by atoms with Gasteiger partial charge in [-0.2, -0.15) is 4.89 Å². The molecule has 7 nitrogen and oxygen atoms in total. The van der Waals surface area contributed by atoms with Crippen LogP contribution < -0.4 is 0 Å². The van der Waals surface area contributed by atoms with E-state index >= 15 is 0 Å². The van der Waals surface area contributed by atoms with Crippen LogP contribution in [0.1, 0.15) is 20.8 Å². The highest BCUT2D eigenvalue weighted by Gasteiger charge is 2.41. The van der Waals surface area contributed by atoms with Gasteiger partial charge in [-0.15, -0.1) is 0 Å². The zero-order chi connectivity index (χ0) is 14.7. The molecule has 1 aliphatic rings. The van der Waals surface area contributed by atoms with Crippen LogP contribution in [0.2, 0.25) is 0 Å². The second-order valence-electron chi connectivity index (χ2n) is 4.97. The number of ether oxygens (including phenoxy) is 2. The molecule has 0 aromatic heterocycles. The molecule has 0 radical (unpaired) electrons. The van der Waals surface area contributed by atoms with E-state index in [0.717, 1.165) is 4.90 Å². The lowest BCUT2D eigenvalue weighted by molar-refractivity contribution is -0.518. The molecule has 7 heteroatoms. The van der Waals surface area contributed by atoms with Crippen molar-refractivity contribution in [3.05, 3.63) is 12.2 Å². The summed E-state index contributed by atoms with van der Waals surface area (Å²) in [7, 11) is 2.65. The van der Waals surface area contributed by atoms with Gasteiger partial charge in [-0.25, -0.2) is 4.89 Å². The van der Waals surface area contributed by atoms with Gasteiger partial charge >= 0.3 is 5.97 Å². The van der Waals surface area contributed by atoms with Crippen LogP contribution in [0.25, 0.3) is 0 Å². The average molecular weight is 273 g/mol. The summed E-state index contributed by atoms with van der Waals surface area (Å²) in [6.07, 6.45) is 2.34. The Bertz CT molecular complexity index is 362. The van der Waals surface area contributed by atoms with E-state index in [9.17, 15) is 9.59 Å². The molecule has 0 saturated heterocycles. The van der Waals surface area contributed by atoms with Crippen LogP contribution in [0.5, 0.6) is 0 Å². The van der Waals surface area contributed by atoms with Crippen LogP contribution >= 0.6 is 0 Å². The summed E-state index contributed by atoms with van der Waals surface area (Å²) in [6.45, 7) is 5.09. The van der Waals surface area contributed by atoms with Crippen LogP contribution in [-0.4, -0.2) is 49.1 Å². The molecule has 0 saturated carbocycles. The lowest BCUT2D eigenvalue weighted by Crippen LogP contribution is -2.51. The lowest BCUT2D eigenvalue weighted by atomic mass is 10.2. The van der Waals surface area contributed by atoms with Crippen LogP contribution in [0.4, 0.5) is 0 Å². The second kappa shape index (κ2) is 5.79. The Hall–Kier alpha value is -1.28. The summed E-state index contributed by atoms with van der Waals surface area (Å²) in [5.41, 5.74) is -0.598. The van der Waals surface area contributed by atoms with E-state index in [1.165, 1.54) is 26.4 Å². The molecule has 0 aliphatic carbocycles. The molecule has 1 rings (SSSR count). The van der Waals surface area contributed by atoms with Crippen molar-refractivity contribution in [1.82, 2.24) is 4.90 Å². The quantitative estimate of drug-likeness (QED) is 0.305. The number of carbonyl (C=O) groups excluding carboxylic acids is 2. The second-order valence-corrected chi connectivity index (χ2v) is 4.97. The van der Waals surface area contributed by atoms with Crippen molar-refractivity contribution in [2.45, 2.75) is 32.3 Å². The van der Waals surface area contributed by atoms with Crippen LogP contribution in [0, 0.1) is 0 Å². The molecule has 0 fully saturated rings. The SMILES string of the molecule is COC(CN1C(=O)C=CC1=O)(OC)OOC(C)(C)C. The maximum absolute atomic E-state index is 11.5. The van der Waals surface area contributed by atoms with Gasteiger partial charge in [-0.1, -0.05) is 0 Å². The fourth-order valence-corrected chi connectivity index (χ4v) is 1.28. The Morgan fingerprint density at radius 1 is 1.00 bits per heavy atom. The van der Waals surface area contributed by atoms with Crippen LogP contribution in [0.15, 0.2) is 12.2 Å². The largest absolute Gasteiger partial charge is 0.330 e. The van der Waals surface area contributed by atoms with E-state index in [2.05, 4.69) is 0 Å². The average Bonchev–Trinajstić information content (AvgIpc) is 2.65. The standard InChI is InChI=1S/C12H19NO6/c1-11(2,3)18-19-12(16-4,17-5)8-13-9(14)6-7-10(13)15/h6-7H,8H2,1-5H3. The summed E-state index contributed by atoms with van der Waals surface area (Å²) in [5, 5.41) is 0. The predicted molar refractivity (Wildman–Crippen MR) is 64.5 cm³/mol. The minimum Gasteiger partial charge on any atom is -0.328 e. The maximum Gasteiger partial charge on any atom is 0.330 e. The first-order valence-electron chi connectivity index (χ1n) is 5.74. The van der Waals surface area contributed by atoms with Crippen molar-refractivity contribution in [1.29, 1.82) is 0 Å². The molecule has 1 aliphatic heterocycles. The van der Waals surface area contributed by atoms with Gasteiger partial charge < -0.3 is 9.47 Å².